The van der Waals surface area contributed by atoms with E-state index < -0.39 is 0 Å². The molecule has 1 aromatic carbocycles. The van der Waals surface area contributed by atoms with Crippen molar-refractivity contribution in [3.63, 3.8) is 0 Å². The van der Waals surface area contributed by atoms with Gasteiger partial charge < -0.3 is 10.1 Å². The lowest BCUT2D eigenvalue weighted by Crippen LogP contribution is -2.26. The van der Waals surface area contributed by atoms with E-state index in [0.717, 1.165) is 5.69 Å². The Kier molecular flexibility index (Phi) is 4.96. The van der Waals surface area contributed by atoms with Crippen LogP contribution in [0.15, 0.2) is 30.5 Å². The molecule has 0 aliphatic rings. The number of rotatable bonds is 6. The van der Waals surface area contributed by atoms with Crippen molar-refractivity contribution in [1.29, 1.82) is 0 Å². The van der Waals surface area contributed by atoms with Crippen LogP contribution in [0, 0.1) is 5.82 Å². The lowest BCUT2D eigenvalue weighted by Gasteiger charge is -2.23. The molecular weight excluding hydrogens is 269 g/mol. The summed E-state index contributed by atoms with van der Waals surface area (Å²) >= 11 is 0. The van der Waals surface area contributed by atoms with Gasteiger partial charge in [-0.05, 0) is 26.5 Å². The van der Waals surface area contributed by atoms with Crippen molar-refractivity contribution in [2.75, 3.05) is 13.7 Å². The standard InChI is InChI=1S/C16H22FN3O/c1-5-18-15(12-8-6-7-9-13(12)17)16-14(21-4)10-19-20(16)11(2)3/h6-11,15,18H,5H2,1-4H3. The Morgan fingerprint density at radius 2 is 2.05 bits per heavy atom. The van der Waals surface area contributed by atoms with Gasteiger partial charge in [-0.3, -0.25) is 4.68 Å². The summed E-state index contributed by atoms with van der Waals surface area (Å²) in [5.74, 6) is 0.430. The average molecular weight is 291 g/mol. The van der Waals surface area contributed by atoms with Crippen LogP contribution in [0.4, 0.5) is 4.39 Å². The van der Waals surface area contributed by atoms with Crippen LogP contribution in [0.5, 0.6) is 5.75 Å². The molecule has 2 aromatic rings. The third kappa shape index (κ3) is 3.08. The highest BCUT2D eigenvalue weighted by atomic mass is 19.1. The van der Waals surface area contributed by atoms with Gasteiger partial charge in [0.25, 0.3) is 0 Å². The molecule has 0 radical (unpaired) electrons. The zero-order valence-corrected chi connectivity index (χ0v) is 12.9. The fourth-order valence-electron chi connectivity index (χ4n) is 2.47. The van der Waals surface area contributed by atoms with Crippen LogP contribution in [0.3, 0.4) is 0 Å². The number of ether oxygens (including phenoxy) is 1. The maximum Gasteiger partial charge on any atom is 0.161 e. The van der Waals surface area contributed by atoms with Gasteiger partial charge >= 0.3 is 0 Å². The summed E-state index contributed by atoms with van der Waals surface area (Å²) in [6.45, 7) is 6.79. The molecule has 0 bridgehead atoms. The van der Waals surface area contributed by atoms with E-state index in [-0.39, 0.29) is 17.9 Å². The molecule has 1 aromatic heterocycles. The normalized spacial score (nSPS) is 12.7. The van der Waals surface area contributed by atoms with Crippen molar-refractivity contribution in [2.45, 2.75) is 32.9 Å². The summed E-state index contributed by atoms with van der Waals surface area (Å²) in [5, 5.41) is 7.71. The lowest BCUT2D eigenvalue weighted by molar-refractivity contribution is 0.392. The third-order valence-electron chi connectivity index (χ3n) is 3.41. The summed E-state index contributed by atoms with van der Waals surface area (Å²) < 4.78 is 21.5. The molecule has 0 saturated heterocycles. The van der Waals surface area contributed by atoms with E-state index in [1.165, 1.54) is 6.07 Å². The average Bonchev–Trinajstić information content (AvgIpc) is 2.89. The molecule has 0 spiro atoms. The second kappa shape index (κ2) is 6.72. The first-order valence-corrected chi connectivity index (χ1v) is 7.19. The summed E-state index contributed by atoms with van der Waals surface area (Å²) in [6, 6.07) is 6.67. The van der Waals surface area contributed by atoms with E-state index in [1.54, 1.807) is 25.4 Å². The Morgan fingerprint density at radius 3 is 2.62 bits per heavy atom. The third-order valence-corrected chi connectivity index (χ3v) is 3.41. The van der Waals surface area contributed by atoms with Crippen molar-refractivity contribution < 1.29 is 9.13 Å². The quantitative estimate of drug-likeness (QED) is 0.887. The summed E-state index contributed by atoms with van der Waals surface area (Å²) in [7, 11) is 1.61. The number of hydrogen-bond acceptors (Lipinski definition) is 3. The molecule has 2 rings (SSSR count). The predicted octanol–water partition coefficient (Wildman–Crippen LogP) is 3.31. The summed E-state index contributed by atoms with van der Waals surface area (Å²) in [6.07, 6.45) is 1.68. The zero-order valence-electron chi connectivity index (χ0n) is 12.9. The summed E-state index contributed by atoms with van der Waals surface area (Å²) in [4.78, 5) is 0. The Bertz CT molecular complexity index is 595. The van der Waals surface area contributed by atoms with Gasteiger partial charge in [-0.1, -0.05) is 25.1 Å². The number of hydrogen-bond donors (Lipinski definition) is 1. The fourth-order valence-corrected chi connectivity index (χ4v) is 2.47. The van der Waals surface area contributed by atoms with Crippen molar-refractivity contribution in [3.8, 4) is 5.75 Å². The number of benzene rings is 1. The van der Waals surface area contributed by atoms with E-state index in [0.29, 0.717) is 17.9 Å². The van der Waals surface area contributed by atoms with E-state index in [2.05, 4.69) is 10.4 Å². The molecule has 1 heterocycles. The van der Waals surface area contributed by atoms with Gasteiger partial charge in [0.1, 0.15) is 11.5 Å². The van der Waals surface area contributed by atoms with Gasteiger partial charge in [-0.2, -0.15) is 5.10 Å². The molecule has 0 saturated carbocycles. The van der Waals surface area contributed by atoms with Gasteiger partial charge in [-0.25, -0.2) is 4.39 Å². The second-order valence-electron chi connectivity index (χ2n) is 5.15. The molecule has 114 valence electrons. The molecule has 0 aliphatic carbocycles. The van der Waals surface area contributed by atoms with Crippen LogP contribution in [0.2, 0.25) is 0 Å². The minimum atomic E-state index is -0.295. The van der Waals surface area contributed by atoms with Gasteiger partial charge in [-0.15, -0.1) is 0 Å². The molecule has 0 fully saturated rings. The van der Waals surface area contributed by atoms with Crippen LogP contribution in [-0.2, 0) is 0 Å². The molecule has 0 amide bonds. The SMILES string of the molecule is CCNC(c1ccccc1F)c1c(OC)cnn1C(C)C. The largest absolute Gasteiger partial charge is 0.493 e. The van der Waals surface area contributed by atoms with Crippen molar-refractivity contribution in [2.24, 2.45) is 0 Å². The molecular formula is C16H22FN3O. The molecule has 21 heavy (non-hydrogen) atoms. The maximum absolute atomic E-state index is 14.2. The molecule has 0 aliphatic heterocycles. The number of methoxy groups -OCH3 is 1. The molecule has 4 nitrogen and oxygen atoms in total. The minimum absolute atomic E-state index is 0.164. The first-order chi connectivity index (χ1) is 10.1. The van der Waals surface area contributed by atoms with Crippen LogP contribution in [0.1, 0.15) is 44.1 Å². The second-order valence-corrected chi connectivity index (χ2v) is 5.15. The van der Waals surface area contributed by atoms with Crippen LogP contribution >= 0.6 is 0 Å². The summed E-state index contributed by atoms with van der Waals surface area (Å²) in [5.41, 5.74) is 1.44. The maximum atomic E-state index is 14.2. The number of nitrogens with zero attached hydrogens (tertiary/aromatic N) is 2. The minimum Gasteiger partial charge on any atom is -0.493 e. The first kappa shape index (κ1) is 15.5. The van der Waals surface area contributed by atoms with Crippen LogP contribution < -0.4 is 10.1 Å². The number of aromatic nitrogens is 2. The smallest absolute Gasteiger partial charge is 0.161 e. The monoisotopic (exact) mass is 291 g/mol. The highest BCUT2D eigenvalue weighted by Gasteiger charge is 2.26. The van der Waals surface area contributed by atoms with E-state index in [4.69, 9.17) is 4.74 Å². The van der Waals surface area contributed by atoms with Gasteiger partial charge in [0.2, 0.25) is 0 Å². The lowest BCUT2D eigenvalue weighted by atomic mass is 10.0. The first-order valence-electron chi connectivity index (χ1n) is 7.19. The predicted molar refractivity (Wildman–Crippen MR) is 81.1 cm³/mol. The number of halogens is 1. The molecule has 1 unspecified atom stereocenters. The highest BCUT2D eigenvalue weighted by Crippen LogP contribution is 2.32. The highest BCUT2D eigenvalue weighted by molar-refractivity contribution is 5.37. The van der Waals surface area contributed by atoms with Crippen LogP contribution in [-0.4, -0.2) is 23.4 Å². The molecule has 1 atom stereocenters. The Hall–Kier alpha value is -1.88. The van der Waals surface area contributed by atoms with Gasteiger partial charge in [0, 0.05) is 11.6 Å². The van der Waals surface area contributed by atoms with E-state index in [1.807, 2.05) is 31.5 Å². The Morgan fingerprint density at radius 1 is 1.33 bits per heavy atom. The topological polar surface area (TPSA) is 39.1 Å². The zero-order chi connectivity index (χ0) is 15.4. The van der Waals surface area contributed by atoms with Crippen molar-refractivity contribution >= 4 is 0 Å². The number of nitrogens with one attached hydrogen (secondary N) is 1. The van der Waals surface area contributed by atoms with Crippen molar-refractivity contribution in [3.05, 3.63) is 47.5 Å². The van der Waals surface area contributed by atoms with Crippen LogP contribution in [0.25, 0.3) is 0 Å². The van der Waals surface area contributed by atoms with E-state index in [9.17, 15) is 4.39 Å². The van der Waals surface area contributed by atoms with Gasteiger partial charge in [0.05, 0.1) is 19.3 Å². The van der Waals surface area contributed by atoms with Crippen molar-refractivity contribution in [1.82, 2.24) is 15.1 Å². The van der Waals surface area contributed by atoms with E-state index >= 15 is 0 Å². The fraction of sp³-hybridized carbons (Fsp3) is 0.438. The molecule has 1 N–H and O–H groups in total. The Balaban J connectivity index is 2.58. The Labute approximate surface area is 124 Å². The van der Waals surface area contributed by atoms with Gasteiger partial charge in [0.15, 0.2) is 5.75 Å². The molecule has 5 heteroatoms.